The van der Waals surface area contributed by atoms with Crippen molar-refractivity contribution >= 4 is 0 Å². The molecule has 0 aromatic carbocycles. The summed E-state index contributed by atoms with van der Waals surface area (Å²) in [6, 6.07) is 1.86. The first-order chi connectivity index (χ1) is 7.08. The van der Waals surface area contributed by atoms with Crippen LogP contribution in [0.25, 0.3) is 0 Å². The van der Waals surface area contributed by atoms with E-state index < -0.39 is 5.60 Å². The summed E-state index contributed by atoms with van der Waals surface area (Å²) in [7, 11) is 1.85. The number of aromatic nitrogens is 2. The van der Waals surface area contributed by atoms with Crippen molar-refractivity contribution in [3.05, 3.63) is 18.0 Å². The molecular weight excluding hydrogens is 190 g/mol. The molecule has 0 spiro atoms. The molecule has 1 aromatic heterocycles. The summed E-state index contributed by atoms with van der Waals surface area (Å²) in [5.41, 5.74) is 0.0622. The van der Waals surface area contributed by atoms with Gasteiger partial charge in [0.2, 0.25) is 0 Å². The Balaban J connectivity index is 2.48. The van der Waals surface area contributed by atoms with Crippen LogP contribution >= 0.6 is 0 Å². The van der Waals surface area contributed by atoms with Gasteiger partial charge in [-0.2, -0.15) is 5.10 Å². The highest BCUT2D eigenvalue weighted by Crippen LogP contribution is 2.22. The molecule has 1 aromatic rings. The van der Waals surface area contributed by atoms with E-state index in [0.29, 0.717) is 6.42 Å². The van der Waals surface area contributed by atoms with Gasteiger partial charge in [-0.3, -0.25) is 4.68 Å². The topological polar surface area (TPSA) is 50.1 Å². The molecule has 0 bridgehead atoms. The molecule has 0 saturated carbocycles. The maximum atomic E-state index is 10.3. The summed E-state index contributed by atoms with van der Waals surface area (Å²) in [6.45, 7) is 5.79. The van der Waals surface area contributed by atoms with Crippen LogP contribution in [0.5, 0.6) is 0 Å². The lowest BCUT2D eigenvalue weighted by molar-refractivity contribution is 0.0397. The van der Waals surface area contributed by atoms with Gasteiger partial charge in [-0.15, -0.1) is 0 Å². The summed E-state index contributed by atoms with van der Waals surface area (Å²) in [6.07, 6.45) is 3.53. The molecule has 4 nitrogen and oxygen atoms in total. The Hall–Kier alpha value is -0.870. The van der Waals surface area contributed by atoms with Crippen LogP contribution in [-0.2, 0) is 12.6 Å². The van der Waals surface area contributed by atoms with Gasteiger partial charge in [-0.05, 0) is 38.9 Å². The Kier molecular flexibility index (Phi) is 4.29. The van der Waals surface area contributed by atoms with Gasteiger partial charge < -0.3 is 10.4 Å². The largest absolute Gasteiger partial charge is 0.384 e. The lowest BCUT2D eigenvalue weighted by Crippen LogP contribution is -2.30. The Morgan fingerprint density at radius 2 is 2.27 bits per heavy atom. The van der Waals surface area contributed by atoms with E-state index >= 15 is 0 Å². The van der Waals surface area contributed by atoms with E-state index in [2.05, 4.69) is 17.3 Å². The second kappa shape index (κ2) is 5.28. The minimum Gasteiger partial charge on any atom is -0.384 e. The minimum absolute atomic E-state index is 0.701. The molecule has 1 unspecified atom stereocenters. The number of hydrogen-bond donors (Lipinski definition) is 2. The first kappa shape index (κ1) is 12.2. The molecule has 1 atom stereocenters. The number of aryl methyl sites for hydroxylation is 1. The van der Waals surface area contributed by atoms with Crippen LogP contribution in [0.2, 0.25) is 0 Å². The number of nitrogens with one attached hydrogen (secondary N) is 1. The standard InChI is InChI=1S/C11H21N3O/c1-4-7-12-9-6-11(2,15)10-5-8-13-14(10)3/h5,8,12,15H,4,6-7,9H2,1-3H3. The van der Waals surface area contributed by atoms with Crippen molar-refractivity contribution in [1.82, 2.24) is 15.1 Å². The summed E-state index contributed by atoms with van der Waals surface area (Å²) in [5, 5.41) is 17.6. The Morgan fingerprint density at radius 3 is 2.80 bits per heavy atom. The van der Waals surface area contributed by atoms with Crippen molar-refractivity contribution < 1.29 is 5.11 Å². The SMILES string of the molecule is CCCNCCC(C)(O)c1ccnn1C. The highest BCUT2D eigenvalue weighted by Gasteiger charge is 2.25. The number of aliphatic hydroxyl groups is 1. The van der Waals surface area contributed by atoms with Crippen LogP contribution in [0.4, 0.5) is 0 Å². The lowest BCUT2D eigenvalue weighted by atomic mass is 9.98. The van der Waals surface area contributed by atoms with Crippen LogP contribution in [0, 0.1) is 0 Å². The van der Waals surface area contributed by atoms with Crippen LogP contribution in [-0.4, -0.2) is 28.0 Å². The second-order valence-electron chi connectivity index (χ2n) is 4.11. The Labute approximate surface area is 91.3 Å². The molecular formula is C11H21N3O. The molecule has 0 aliphatic heterocycles. The normalized spacial score (nSPS) is 15.2. The number of nitrogens with zero attached hydrogens (tertiary/aromatic N) is 2. The van der Waals surface area contributed by atoms with Gasteiger partial charge in [0.05, 0.1) is 5.69 Å². The summed E-state index contributed by atoms with van der Waals surface area (Å²) in [4.78, 5) is 0. The van der Waals surface area contributed by atoms with E-state index in [0.717, 1.165) is 25.2 Å². The van der Waals surface area contributed by atoms with Crippen LogP contribution in [0.15, 0.2) is 12.3 Å². The van der Waals surface area contributed by atoms with Crippen LogP contribution in [0.3, 0.4) is 0 Å². The molecule has 0 radical (unpaired) electrons. The summed E-state index contributed by atoms with van der Waals surface area (Å²) in [5.74, 6) is 0. The summed E-state index contributed by atoms with van der Waals surface area (Å²) >= 11 is 0. The molecule has 2 N–H and O–H groups in total. The highest BCUT2D eigenvalue weighted by atomic mass is 16.3. The van der Waals surface area contributed by atoms with Gasteiger partial charge in [0, 0.05) is 13.2 Å². The molecule has 86 valence electrons. The number of hydrogen-bond acceptors (Lipinski definition) is 3. The van der Waals surface area contributed by atoms with Gasteiger partial charge in [0.15, 0.2) is 0 Å². The quantitative estimate of drug-likeness (QED) is 0.691. The predicted octanol–water partition coefficient (Wildman–Crippen LogP) is 1.02. The molecule has 0 aliphatic rings. The minimum atomic E-state index is -0.800. The first-order valence-corrected chi connectivity index (χ1v) is 5.49. The highest BCUT2D eigenvalue weighted by molar-refractivity contribution is 5.10. The molecule has 0 aliphatic carbocycles. The molecule has 15 heavy (non-hydrogen) atoms. The van der Waals surface area contributed by atoms with Crippen molar-refractivity contribution in [3.8, 4) is 0 Å². The van der Waals surface area contributed by atoms with Gasteiger partial charge in [-0.25, -0.2) is 0 Å². The maximum Gasteiger partial charge on any atom is 0.105 e. The zero-order valence-corrected chi connectivity index (χ0v) is 9.82. The van der Waals surface area contributed by atoms with Crippen LogP contribution in [0.1, 0.15) is 32.4 Å². The average molecular weight is 211 g/mol. The van der Waals surface area contributed by atoms with E-state index in [4.69, 9.17) is 0 Å². The molecule has 1 rings (SSSR count). The second-order valence-corrected chi connectivity index (χ2v) is 4.11. The van der Waals surface area contributed by atoms with Gasteiger partial charge in [-0.1, -0.05) is 6.92 Å². The van der Waals surface area contributed by atoms with Crippen LogP contribution < -0.4 is 5.32 Å². The van der Waals surface area contributed by atoms with Crippen molar-refractivity contribution in [3.63, 3.8) is 0 Å². The predicted molar refractivity (Wildman–Crippen MR) is 60.6 cm³/mol. The molecule has 0 saturated heterocycles. The summed E-state index contributed by atoms with van der Waals surface area (Å²) < 4.78 is 1.72. The Bertz CT molecular complexity index is 294. The van der Waals surface area contributed by atoms with Crippen molar-refractivity contribution in [2.45, 2.75) is 32.3 Å². The lowest BCUT2D eigenvalue weighted by Gasteiger charge is -2.23. The van der Waals surface area contributed by atoms with Gasteiger partial charge >= 0.3 is 0 Å². The third-order valence-corrected chi connectivity index (χ3v) is 2.59. The fraction of sp³-hybridized carbons (Fsp3) is 0.727. The zero-order valence-electron chi connectivity index (χ0n) is 9.82. The average Bonchev–Trinajstić information content (AvgIpc) is 2.60. The van der Waals surface area contributed by atoms with E-state index in [1.54, 1.807) is 10.9 Å². The van der Waals surface area contributed by atoms with E-state index in [1.165, 1.54) is 0 Å². The fourth-order valence-corrected chi connectivity index (χ4v) is 1.66. The molecule has 0 fully saturated rings. The molecule has 0 amide bonds. The Morgan fingerprint density at radius 1 is 1.53 bits per heavy atom. The van der Waals surface area contributed by atoms with E-state index in [1.807, 2.05) is 20.0 Å². The van der Waals surface area contributed by atoms with Crippen molar-refractivity contribution in [1.29, 1.82) is 0 Å². The molecule has 1 heterocycles. The van der Waals surface area contributed by atoms with Crippen molar-refractivity contribution in [2.24, 2.45) is 7.05 Å². The van der Waals surface area contributed by atoms with Crippen molar-refractivity contribution in [2.75, 3.05) is 13.1 Å². The van der Waals surface area contributed by atoms with E-state index in [9.17, 15) is 5.11 Å². The smallest absolute Gasteiger partial charge is 0.105 e. The first-order valence-electron chi connectivity index (χ1n) is 5.49. The van der Waals surface area contributed by atoms with Gasteiger partial charge in [0.1, 0.15) is 5.60 Å². The fourth-order valence-electron chi connectivity index (χ4n) is 1.66. The van der Waals surface area contributed by atoms with E-state index in [-0.39, 0.29) is 0 Å². The maximum absolute atomic E-state index is 10.3. The van der Waals surface area contributed by atoms with Gasteiger partial charge in [0.25, 0.3) is 0 Å². The number of rotatable bonds is 6. The monoisotopic (exact) mass is 211 g/mol. The molecule has 4 heteroatoms. The zero-order chi connectivity index (χ0) is 11.3. The third kappa shape index (κ3) is 3.32. The third-order valence-electron chi connectivity index (χ3n) is 2.59.